The molecule has 0 saturated carbocycles. The Morgan fingerprint density at radius 2 is 1.03 bits per heavy atom. The molecule has 2 heteroatoms. The van der Waals surface area contributed by atoms with E-state index in [-0.39, 0.29) is 15.8 Å². The fourth-order valence-electron chi connectivity index (χ4n) is 6.02. The zero-order valence-electron chi connectivity index (χ0n) is 22.2. The second-order valence-corrected chi connectivity index (χ2v) is 15.8. The molecule has 0 amide bonds. The van der Waals surface area contributed by atoms with Crippen LogP contribution in [0.25, 0.3) is 12.2 Å². The Bertz CT molecular complexity index is 1010. The molecule has 182 valence electrons. The topological polar surface area (TPSA) is 0 Å². The van der Waals surface area contributed by atoms with Crippen LogP contribution in [0.3, 0.4) is 0 Å². The van der Waals surface area contributed by atoms with Crippen LogP contribution in [0.4, 0.5) is 0 Å². The molecule has 0 fully saturated rings. The van der Waals surface area contributed by atoms with Gasteiger partial charge in [-0.05, 0) is 69.4 Å². The monoisotopic (exact) mass is 490 g/mol. The maximum Gasteiger partial charge on any atom is 0.0210 e. The van der Waals surface area contributed by atoms with E-state index in [0.717, 1.165) is 11.8 Å². The highest BCUT2D eigenvalue weighted by Crippen LogP contribution is 2.67. The number of hydrogen-bond donors (Lipinski definition) is 0. The fraction of sp³-hybridized carbons (Fsp3) is 0.500. The summed E-state index contributed by atoms with van der Waals surface area (Å²) in [4.78, 5) is 0. The van der Waals surface area contributed by atoms with E-state index < -0.39 is 0 Å². The van der Waals surface area contributed by atoms with Crippen LogP contribution in [-0.2, 0) is 0 Å². The van der Waals surface area contributed by atoms with Crippen LogP contribution in [0.1, 0.15) is 88.5 Å². The van der Waals surface area contributed by atoms with E-state index in [1.165, 1.54) is 48.6 Å². The van der Waals surface area contributed by atoms with E-state index in [0.29, 0.717) is 11.8 Å². The van der Waals surface area contributed by atoms with E-state index in [1.54, 1.807) is 21.8 Å². The summed E-state index contributed by atoms with van der Waals surface area (Å²) < 4.78 is 0. The van der Waals surface area contributed by atoms with Crippen LogP contribution in [0.15, 0.2) is 59.2 Å². The zero-order valence-corrected chi connectivity index (χ0v) is 24.0. The summed E-state index contributed by atoms with van der Waals surface area (Å²) in [6.45, 7) is 14.4. The van der Waals surface area contributed by atoms with Crippen LogP contribution in [-0.4, -0.2) is 24.6 Å². The summed E-state index contributed by atoms with van der Waals surface area (Å²) >= 11 is 0. The molecule has 4 rings (SSSR count). The molecule has 2 aromatic rings. The third-order valence-electron chi connectivity index (χ3n) is 7.13. The zero-order chi connectivity index (χ0) is 24.2. The van der Waals surface area contributed by atoms with Gasteiger partial charge in [-0.1, -0.05) is 131 Å². The van der Waals surface area contributed by atoms with E-state index in [9.17, 15) is 0 Å². The molecule has 2 aromatic carbocycles. The standard InChI is InChI=1S/C32H44P2/c1-7-17-33(18-8-2)29-19-25-13-9-11-15-27(25)31(29)32-28-16-12-10-14-26(28)20-30(32)34(21-23(3)4)22-24(5)6/h9-16,19-20,23-24,31-32H,7-8,17-18,21-22H2,1-6H3. The molecule has 0 bridgehead atoms. The Morgan fingerprint density at radius 1 is 0.618 bits per heavy atom. The fourth-order valence-corrected chi connectivity index (χ4v) is 12.2. The molecule has 0 aromatic heterocycles. The van der Waals surface area contributed by atoms with Crippen molar-refractivity contribution in [3.8, 4) is 0 Å². The lowest BCUT2D eigenvalue weighted by molar-refractivity contribution is 0.705. The average molecular weight is 491 g/mol. The Hall–Kier alpha value is -1.22. The summed E-state index contributed by atoms with van der Waals surface area (Å²) in [5, 5.41) is 3.57. The summed E-state index contributed by atoms with van der Waals surface area (Å²) in [6, 6.07) is 18.7. The maximum absolute atomic E-state index is 2.64. The Balaban J connectivity index is 1.85. The first-order chi connectivity index (χ1) is 16.4. The summed E-state index contributed by atoms with van der Waals surface area (Å²) in [6.07, 6.45) is 13.3. The first-order valence-corrected chi connectivity index (χ1v) is 17.0. The van der Waals surface area contributed by atoms with Gasteiger partial charge < -0.3 is 0 Å². The highest BCUT2D eigenvalue weighted by atomic mass is 31.1. The molecule has 2 aliphatic carbocycles. The van der Waals surface area contributed by atoms with Gasteiger partial charge in [-0.2, -0.15) is 0 Å². The van der Waals surface area contributed by atoms with Crippen molar-refractivity contribution in [2.75, 3.05) is 24.6 Å². The molecule has 0 heterocycles. The third-order valence-corrected chi connectivity index (χ3v) is 13.7. The predicted octanol–water partition coefficient (Wildman–Crippen LogP) is 10.4. The molecule has 2 atom stereocenters. The molecule has 2 unspecified atom stereocenters. The Labute approximate surface area is 211 Å². The lowest BCUT2D eigenvalue weighted by Crippen LogP contribution is -2.15. The minimum Gasteiger partial charge on any atom is -0.0790 e. The van der Waals surface area contributed by atoms with Crippen LogP contribution in [0.5, 0.6) is 0 Å². The number of rotatable bonds is 11. The van der Waals surface area contributed by atoms with Crippen molar-refractivity contribution in [1.82, 2.24) is 0 Å². The van der Waals surface area contributed by atoms with Crippen molar-refractivity contribution < 1.29 is 0 Å². The number of benzene rings is 2. The van der Waals surface area contributed by atoms with Gasteiger partial charge in [0.1, 0.15) is 0 Å². The molecular weight excluding hydrogens is 446 g/mol. The SMILES string of the molecule is CCCP(CCC)C1=Cc2ccccc2C1C1C(P(CC(C)C)CC(C)C)=Cc2ccccc21. The Kier molecular flexibility index (Phi) is 8.88. The Morgan fingerprint density at radius 3 is 1.44 bits per heavy atom. The van der Waals surface area contributed by atoms with Gasteiger partial charge in [0.2, 0.25) is 0 Å². The maximum atomic E-state index is 2.64. The highest BCUT2D eigenvalue weighted by molar-refractivity contribution is 7.63. The van der Waals surface area contributed by atoms with Gasteiger partial charge in [-0.25, -0.2) is 0 Å². The molecule has 2 aliphatic rings. The second-order valence-electron chi connectivity index (χ2n) is 11.0. The van der Waals surface area contributed by atoms with Crippen molar-refractivity contribution in [2.24, 2.45) is 11.8 Å². The van der Waals surface area contributed by atoms with Gasteiger partial charge in [-0.3, -0.25) is 0 Å². The van der Waals surface area contributed by atoms with E-state index in [4.69, 9.17) is 0 Å². The quantitative estimate of drug-likeness (QED) is 0.275. The van der Waals surface area contributed by atoms with Crippen LogP contribution in [0, 0.1) is 11.8 Å². The van der Waals surface area contributed by atoms with Gasteiger partial charge >= 0.3 is 0 Å². The first-order valence-electron chi connectivity index (χ1n) is 13.5. The first kappa shape index (κ1) is 25.9. The lowest BCUT2D eigenvalue weighted by Gasteiger charge is -2.35. The van der Waals surface area contributed by atoms with E-state index in [2.05, 4.69) is 102 Å². The van der Waals surface area contributed by atoms with Gasteiger partial charge in [0.05, 0.1) is 0 Å². The normalized spacial score (nSPS) is 19.2. The van der Waals surface area contributed by atoms with Gasteiger partial charge in [0.15, 0.2) is 0 Å². The van der Waals surface area contributed by atoms with Gasteiger partial charge in [0.25, 0.3) is 0 Å². The molecule has 0 aliphatic heterocycles. The number of fused-ring (bicyclic) bond motifs is 2. The molecular formula is C32H44P2. The molecule has 0 spiro atoms. The van der Waals surface area contributed by atoms with Crippen molar-refractivity contribution >= 4 is 28.0 Å². The average Bonchev–Trinajstić information content (AvgIpc) is 3.36. The van der Waals surface area contributed by atoms with Gasteiger partial charge in [-0.15, -0.1) is 0 Å². The molecule has 0 saturated heterocycles. The second kappa shape index (κ2) is 11.7. The summed E-state index contributed by atoms with van der Waals surface area (Å²) in [7, 11) is -0.228. The van der Waals surface area contributed by atoms with E-state index in [1.807, 2.05) is 0 Å². The van der Waals surface area contributed by atoms with Gasteiger partial charge in [0, 0.05) is 11.8 Å². The predicted molar refractivity (Wildman–Crippen MR) is 158 cm³/mol. The van der Waals surface area contributed by atoms with E-state index >= 15 is 0 Å². The smallest absolute Gasteiger partial charge is 0.0210 e. The van der Waals surface area contributed by atoms with Crippen LogP contribution in [0.2, 0.25) is 0 Å². The van der Waals surface area contributed by atoms with Crippen molar-refractivity contribution in [2.45, 2.75) is 66.2 Å². The highest BCUT2D eigenvalue weighted by Gasteiger charge is 2.42. The molecule has 0 radical (unpaired) electrons. The summed E-state index contributed by atoms with van der Waals surface area (Å²) in [5.41, 5.74) is 6.16. The number of allylic oxidation sites excluding steroid dienone is 2. The number of hydrogen-bond acceptors (Lipinski definition) is 0. The molecule has 34 heavy (non-hydrogen) atoms. The van der Waals surface area contributed by atoms with Crippen molar-refractivity contribution in [1.29, 1.82) is 0 Å². The third kappa shape index (κ3) is 5.45. The largest absolute Gasteiger partial charge is 0.0790 e. The minimum absolute atomic E-state index is 0.0837. The lowest BCUT2D eigenvalue weighted by atomic mass is 9.84. The van der Waals surface area contributed by atoms with Crippen molar-refractivity contribution in [3.63, 3.8) is 0 Å². The summed E-state index contributed by atoms with van der Waals surface area (Å²) in [5.74, 6) is 2.55. The van der Waals surface area contributed by atoms with Crippen molar-refractivity contribution in [3.05, 3.63) is 81.4 Å². The minimum atomic E-state index is -0.145. The van der Waals surface area contributed by atoms with Crippen LogP contribution >= 0.6 is 15.8 Å². The van der Waals surface area contributed by atoms with Crippen LogP contribution < -0.4 is 0 Å². The molecule has 0 nitrogen and oxygen atoms in total. The molecule has 0 N–H and O–H groups in total.